The van der Waals surface area contributed by atoms with Crippen LogP contribution < -0.4 is 0 Å². The minimum Gasteiger partial charge on any atom is -0.327 e. The summed E-state index contributed by atoms with van der Waals surface area (Å²) in [6, 6.07) is 25.2. The van der Waals surface area contributed by atoms with E-state index in [1.807, 2.05) is 18.3 Å². The molecule has 0 fully saturated rings. The summed E-state index contributed by atoms with van der Waals surface area (Å²) in [5, 5.41) is 2.25. The van der Waals surface area contributed by atoms with Crippen molar-refractivity contribution in [2.24, 2.45) is 7.05 Å². The maximum atomic E-state index is 5.09. The van der Waals surface area contributed by atoms with Gasteiger partial charge in [-0.3, -0.25) is 4.98 Å². The Bertz CT molecular complexity index is 1470. The first-order chi connectivity index (χ1) is 13.3. The molecule has 0 atom stereocenters. The van der Waals surface area contributed by atoms with E-state index in [4.69, 9.17) is 4.98 Å². The molecule has 0 aliphatic heterocycles. The predicted octanol–water partition coefficient (Wildman–Crippen LogP) is 5.22. The van der Waals surface area contributed by atoms with Crippen molar-refractivity contribution in [1.82, 2.24) is 19.1 Å². The second-order valence-corrected chi connectivity index (χ2v) is 6.85. The molecule has 6 aromatic rings. The van der Waals surface area contributed by atoms with Gasteiger partial charge in [0, 0.05) is 29.7 Å². The molecule has 0 unspecified atom stereocenters. The largest absolute Gasteiger partial charge is 0.327 e. The van der Waals surface area contributed by atoms with Gasteiger partial charge in [0.15, 0.2) is 0 Å². The predicted molar refractivity (Wildman–Crippen MR) is 110 cm³/mol. The van der Waals surface area contributed by atoms with E-state index in [0.717, 1.165) is 44.2 Å². The van der Waals surface area contributed by atoms with Crippen molar-refractivity contribution in [3.8, 4) is 5.69 Å². The Kier molecular flexibility index (Phi) is 2.78. The Morgan fingerprint density at radius 2 is 1.48 bits per heavy atom. The summed E-state index contributed by atoms with van der Waals surface area (Å²) in [6.45, 7) is 0. The number of aryl methyl sites for hydroxylation is 1. The van der Waals surface area contributed by atoms with Crippen LogP contribution in [-0.2, 0) is 7.05 Å². The van der Waals surface area contributed by atoms with Crippen LogP contribution in [0.15, 0.2) is 79.0 Å². The molecule has 6 rings (SSSR count). The van der Waals surface area contributed by atoms with E-state index in [1.165, 1.54) is 5.52 Å². The van der Waals surface area contributed by atoms with Crippen LogP contribution >= 0.6 is 0 Å². The molecule has 0 N–H and O–H groups in total. The third-order valence-corrected chi connectivity index (χ3v) is 5.36. The average molecular weight is 348 g/mol. The number of para-hydroxylation sites is 2. The van der Waals surface area contributed by atoms with Crippen LogP contribution in [0.4, 0.5) is 0 Å². The smallest absolute Gasteiger partial charge is 0.143 e. The van der Waals surface area contributed by atoms with Crippen LogP contribution in [0.25, 0.3) is 49.7 Å². The lowest BCUT2D eigenvalue weighted by Crippen LogP contribution is -1.94. The van der Waals surface area contributed by atoms with Crippen molar-refractivity contribution < 1.29 is 0 Å². The number of nitrogens with zero attached hydrogens (tertiary/aromatic N) is 4. The quantitative estimate of drug-likeness (QED) is 0.408. The number of benzene rings is 2. The van der Waals surface area contributed by atoms with Crippen molar-refractivity contribution in [3.05, 3.63) is 79.0 Å². The van der Waals surface area contributed by atoms with E-state index in [1.54, 1.807) is 0 Å². The van der Waals surface area contributed by atoms with Crippen molar-refractivity contribution in [1.29, 1.82) is 0 Å². The summed E-state index contributed by atoms with van der Waals surface area (Å²) < 4.78 is 4.42. The summed E-state index contributed by atoms with van der Waals surface area (Å²) in [5.74, 6) is 0. The van der Waals surface area contributed by atoms with Crippen molar-refractivity contribution >= 4 is 44.0 Å². The standard InChI is InChI=1S/C23H16N4/c1-26-19-12-7-13-24-21(19)17-14-20-22(25-23(17)26)16-10-5-6-11-18(16)27(20)15-8-3-2-4-9-15/h2-14H,1H3. The highest BCUT2D eigenvalue weighted by molar-refractivity contribution is 6.14. The van der Waals surface area contributed by atoms with E-state index >= 15 is 0 Å². The molecule has 0 aliphatic rings. The molecule has 128 valence electrons. The zero-order chi connectivity index (χ0) is 18.0. The fraction of sp³-hybridized carbons (Fsp3) is 0.0435. The van der Waals surface area contributed by atoms with Gasteiger partial charge in [0.05, 0.1) is 27.6 Å². The molecule has 27 heavy (non-hydrogen) atoms. The van der Waals surface area contributed by atoms with Crippen LogP contribution in [0.1, 0.15) is 0 Å². The van der Waals surface area contributed by atoms with Crippen molar-refractivity contribution in [2.45, 2.75) is 0 Å². The maximum Gasteiger partial charge on any atom is 0.143 e. The molecule has 4 heterocycles. The zero-order valence-electron chi connectivity index (χ0n) is 14.8. The maximum absolute atomic E-state index is 5.09. The third-order valence-electron chi connectivity index (χ3n) is 5.36. The molecule has 2 aromatic carbocycles. The first-order valence-electron chi connectivity index (χ1n) is 9.01. The minimum absolute atomic E-state index is 0.965. The van der Waals surface area contributed by atoms with E-state index in [9.17, 15) is 0 Å². The highest BCUT2D eigenvalue weighted by atomic mass is 15.1. The number of pyridine rings is 2. The molecule has 0 bridgehead atoms. The molecule has 0 saturated heterocycles. The topological polar surface area (TPSA) is 35.6 Å². The minimum atomic E-state index is 0.965. The van der Waals surface area contributed by atoms with Gasteiger partial charge >= 0.3 is 0 Å². The summed E-state index contributed by atoms with van der Waals surface area (Å²) in [6.07, 6.45) is 1.85. The van der Waals surface area contributed by atoms with Gasteiger partial charge in [-0.05, 0) is 36.4 Å². The van der Waals surface area contributed by atoms with E-state index in [-0.39, 0.29) is 0 Å². The molecule has 0 amide bonds. The Morgan fingerprint density at radius 3 is 2.37 bits per heavy atom. The molecule has 0 aliphatic carbocycles. The highest BCUT2D eigenvalue weighted by Gasteiger charge is 2.17. The average Bonchev–Trinajstić information content (AvgIpc) is 3.20. The number of hydrogen-bond donors (Lipinski definition) is 0. The van der Waals surface area contributed by atoms with Gasteiger partial charge in [0.25, 0.3) is 0 Å². The van der Waals surface area contributed by atoms with Gasteiger partial charge in [-0.1, -0.05) is 36.4 Å². The number of aromatic nitrogens is 4. The van der Waals surface area contributed by atoms with Crippen LogP contribution in [-0.4, -0.2) is 19.1 Å². The molecular formula is C23H16N4. The lowest BCUT2D eigenvalue weighted by atomic mass is 10.2. The first kappa shape index (κ1) is 14.5. The lowest BCUT2D eigenvalue weighted by molar-refractivity contribution is 0.993. The van der Waals surface area contributed by atoms with E-state index in [0.29, 0.717) is 0 Å². The van der Waals surface area contributed by atoms with Crippen LogP contribution in [0.5, 0.6) is 0 Å². The molecular weight excluding hydrogens is 332 g/mol. The molecule has 4 nitrogen and oxygen atoms in total. The SMILES string of the molecule is Cn1c2cccnc2c2cc3c(nc21)c1ccccc1n3-c1ccccc1. The van der Waals surface area contributed by atoms with Crippen molar-refractivity contribution in [3.63, 3.8) is 0 Å². The van der Waals surface area contributed by atoms with Crippen LogP contribution in [0.2, 0.25) is 0 Å². The monoisotopic (exact) mass is 348 g/mol. The van der Waals surface area contributed by atoms with Gasteiger partial charge in [-0.25, -0.2) is 4.98 Å². The molecule has 0 saturated carbocycles. The van der Waals surface area contributed by atoms with Gasteiger partial charge in [-0.2, -0.15) is 0 Å². The number of rotatable bonds is 1. The first-order valence-corrected chi connectivity index (χ1v) is 9.01. The van der Waals surface area contributed by atoms with Crippen molar-refractivity contribution in [2.75, 3.05) is 0 Å². The second-order valence-electron chi connectivity index (χ2n) is 6.85. The summed E-state index contributed by atoms with van der Waals surface area (Å²) in [7, 11) is 2.06. The highest BCUT2D eigenvalue weighted by Crippen LogP contribution is 2.35. The summed E-state index contributed by atoms with van der Waals surface area (Å²) in [4.78, 5) is 9.71. The number of fused-ring (bicyclic) bond motifs is 6. The van der Waals surface area contributed by atoms with E-state index in [2.05, 4.69) is 81.8 Å². The zero-order valence-corrected chi connectivity index (χ0v) is 14.8. The van der Waals surface area contributed by atoms with Gasteiger partial charge in [0.2, 0.25) is 0 Å². The Hall–Kier alpha value is -3.66. The number of hydrogen-bond acceptors (Lipinski definition) is 2. The Labute approximate surface area is 155 Å². The fourth-order valence-corrected chi connectivity index (χ4v) is 4.13. The third kappa shape index (κ3) is 1.87. The normalized spacial score (nSPS) is 11.9. The molecule has 0 radical (unpaired) electrons. The van der Waals surface area contributed by atoms with Gasteiger partial charge in [-0.15, -0.1) is 0 Å². The fourth-order valence-electron chi connectivity index (χ4n) is 4.13. The molecule has 0 spiro atoms. The lowest BCUT2D eigenvalue weighted by Gasteiger charge is -2.07. The molecule has 4 heteroatoms. The van der Waals surface area contributed by atoms with Gasteiger partial charge in [0.1, 0.15) is 5.65 Å². The van der Waals surface area contributed by atoms with Gasteiger partial charge < -0.3 is 9.13 Å². The second kappa shape index (κ2) is 5.17. The van der Waals surface area contributed by atoms with Crippen LogP contribution in [0.3, 0.4) is 0 Å². The Balaban J connectivity index is 1.88. The Morgan fingerprint density at radius 1 is 0.704 bits per heavy atom. The van der Waals surface area contributed by atoms with E-state index < -0.39 is 0 Å². The molecule has 4 aromatic heterocycles. The van der Waals surface area contributed by atoms with Crippen LogP contribution in [0, 0.1) is 0 Å². The summed E-state index contributed by atoms with van der Waals surface area (Å²) in [5.41, 5.74) is 7.49. The summed E-state index contributed by atoms with van der Waals surface area (Å²) >= 11 is 0.